The first-order valence-electron chi connectivity index (χ1n) is 9.48. The van der Waals surface area contributed by atoms with E-state index in [0.717, 1.165) is 11.1 Å². The molecule has 1 aliphatic rings. The zero-order valence-corrected chi connectivity index (χ0v) is 17.5. The number of hydrogen-bond acceptors (Lipinski definition) is 5. The molecule has 0 amide bonds. The Morgan fingerprint density at radius 3 is 2.18 bits per heavy atom. The van der Waals surface area contributed by atoms with Crippen molar-refractivity contribution in [3.63, 3.8) is 0 Å². The molecule has 1 fully saturated rings. The fraction of sp³-hybridized carbons (Fsp3) is 0.450. The molecule has 0 radical (unpaired) electrons. The Kier molecular flexibility index (Phi) is 7.79. The third-order valence-electron chi connectivity index (χ3n) is 4.63. The average Bonchev–Trinajstić information content (AvgIpc) is 2.68. The number of rotatable bonds is 5. The number of sulfonamides is 1. The van der Waals surface area contributed by atoms with Crippen LogP contribution >= 0.6 is 0 Å². The molecular weight excluding hydrogens is 378 g/mol. The monoisotopic (exact) mass is 407 g/mol. The lowest BCUT2D eigenvalue weighted by Gasteiger charge is -2.18. The lowest BCUT2D eigenvalue weighted by atomic mass is 10.1. The normalized spacial score (nSPS) is 15.4. The number of fused-ring (bicyclic) bond motifs is 1. The zero-order valence-electron chi connectivity index (χ0n) is 16.6. The van der Waals surface area contributed by atoms with Gasteiger partial charge in [0.05, 0.1) is 30.0 Å². The first-order chi connectivity index (χ1) is 13.2. The van der Waals surface area contributed by atoms with Gasteiger partial charge < -0.3 is 20.1 Å². The molecule has 8 heteroatoms. The number of quaternary nitrogens is 1. The standard InChI is InChI=1S/C15H18N2O4S.C5H11N/c1-10(15(18)19)16-22(20,21)14-9-5-6-11-12(14)7-4-8-13(11)17(2)3;1-2-4-6-5-3-1/h4-10,16H,1-3H3,(H,18,19);6H,1-5H2. The number of nitrogens with zero attached hydrogens (tertiary/aromatic N) is 1. The van der Waals surface area contributed by atoms with Gasteiger partial charge in [-0.25, -0.2) is 13.1 Å². The number of anilines is 1. The minimum absolute atomic E-state index is 0.0433. The second-order valence-corrected chi connectivity index (χ2v) is 8.79. The lowest BCUT2D eigenvalue weighted by molar-refractivity contribution is -0.662. The second-order valence-electron chi connectivity index (χ2n) is 7.11. The molecule has 28 heavy (non-hydrogen) atoms. The summed E-state index contributed by atoms with van der Waals surface area (Å²) >= 11 is 0. The molecule has 3 N–H and O–H groups in total. The van der Waals surface area contributed by atoms with Crippen LogP contribution in [0.1, 0.15) is 26.2 Å². The molecule has 154 valence electrons. The van der Waals surface area contributed by atoms with Crippen molar-refractivity contribution in [1.82, 2.24) is 4.72 Å². The maximum Gasteiger partial charge on any atom is 0.241 e. The second kappa shape index (κ2) is 9.86. The highest BCUT2D eigenvalue weighted by atomic mass is 32.2. The highest BCUT2D eigenvalue weighted by Crippen LogP contribution is 2.30. The van der Waals surface area contributed by atoms with E-state index in [1.54, 1.807) is 18.2 Å². The summed E-state index contributed by atoms with van der Waals surface area (Å²) in [5.74, 6) is -1.47. The molecule has 1 aliphatic heterocycles. The van der Waals surface area contributed by atoms with E-state index in [-0.39, 0.29) is 4.90 Å². The van der Waals surface area contributed by atoms with Gasteiger partial charge in [0.15, 0.2) is 0 Å². The van der Waals surface area contributed by atoms with E-state index >= 15 is 0 Å². The molecule has 0 aromatic heterocycles. The van der Waals surface area contributed by atoms with Gasteiger partial charge in [0.2, 0.25) is 10.0 Å². The highest BCUT2D eigenvalue weighted by Gasteiger charge is 2.21. The molecule has 2 aromatic carbocycles. The molecule has 0 aliphatic carbocycles. The summed E-state index contributed by atoms with van der Waals surface area (Å²) in [6.07, 6.45) is 4.36. The predicted octanol–water partition coefficient (Wildman–Crippen LogP) is 0.0562. The van der Waals surface area contributed by atoms with Crippen LogP contribution in [-0.4, -0.2) is 47.6 Å². The first kappa shape index (κ1) is 22.1. The highest BCUT2D eigenvalue weighted by molar-refractivity contribution is 7.89. The van der Waals surface area contributed by atoms with E-state index < -0.39 is 22.0 Å². The Hall–Kier alpha value is -2.16. The summed E-state index contributed by atoms with van der Waals surface area (Å²) in [6, 6.07) is 8.94. The largest absolute Gasteiger partial charge is 0.548 e. The Bertz CT molecular complexity index is 897. The fourth-order valence-corrected chi connectivity index (χ4v) is 4.55. The van der Waals surface area contributed by atoms with E-state index in [0.29, 0.717) is 5.39 Å². The summed E-state index contributed by atoms with van der Waals surface area (Å²) in [7, 11) is -0.228. The SMILES string of the molecule is C1CC[NH2+]CC1.CC(NS(=O)(=O)c1cccc2c(N(C)C)cccc12)C(=O)[O-]. The Morgan fingerprint density at radius 1 is 1.07 bits per heavy atom. The van der Waals surface area contributed by atoms with Gasteiger partial charge in [0.1, 0.15) is 0 Å². The topological polar surface area (TPSA) is 106 Å². The van der Waals surface area contributed by atoms with Gasteiger partial charge in [-0.1, -0.05) is 24.3 Å². The number of hydrogen-bond donors (Lipinski definition) is 2. The quantitative estimate of drug-likeness (QED) is 0.729. The fourth-order valence-electron chi connectivity index (χ4n) is 3.13. The van der Waals surface area contributed by atoms with Crippen LogP contribution in [0.5, 0.6) is 0 Å². The van der Waals surface area contributed by atoms with Crippen molar-refractivity contribution in [2.24, 2.45) is 0 Å². The molecule has 7 nitrogen and oxygen atoms in total. The third-order valence-corrected chi connectivity index (χ3v) is 6.23. The molecule has 1 saturated heterocycles. The number of carboxylic acid groups (broad SMARTS) is 1. The third kappa shape index (κ3) is 5.67. The zero-order chi connectivity index (χ0) is 20.7. The van der Waals surface area contributed by atoms with Crippen molar-refractivity contribution >= 4 is 32.5 Å². The van der Waals surface area contributed by atoms with Crippen LogP contribution in [0.4, 0.5) is 5.69 Å². The van der Waals surface area contributed by atoms with Crippen molar-refractivity contribution in [1.29, 1.82) is 0 Å². The summed E-state index contributed by atoms with van der Waals surface area (Å²) in [6.45, 7) is 3.98. The lowest BCUT2D eigenvalue weighted by Crippen LogP contribution is -2.85. The van der Waals surface area contributed by atoms with Crippen molar-refractivity contribution < 1.29 is 23.6 Å². The summed E-state index contributed by atoms with van der Waals surface area (Å²) in [5, 5.41) is 14.5. The van der Waals surface area contributed by atoms with Gasteiger partial charge in [-0.2, -0.15) is 0 Å². The van der Waals surface area contributed by atoms with Crippen molar-refractivity contribution in [3.05, 3.63) is 36.4 Å². The van der Waals surface area contributed by atoms with Crippen LogP contribution in [0.3, 0.4) is 0 Å². The molecule has 0 saturated carbocycles. The van der Waals surface area contributed by atoms with Crippen LogP contribution in [0, 0.1) is 0 Å². The molecule has 3 rings (SSSR count). The first-order valence-corrected chi connectivity index (χ1v) is 11.0. The minimum Gasteiger partial charge on any atom is -0.548 e. The Labute approximate surface area is 166 Å². The van der Waals surface area contributed by atoms with Crippen molar-refractivity contribution in [2.45, 2.75) is 37.1 Å². The van der Waals surface area contributed by atoms with Gasteiger partial charge in [-0.15, -0.1) is 0 Å². The van der Waals surface area contributed by atoms with Crippen LogP contribution < -0.4 is 20.0 Å². The number of nitrogens with two attached hydrogens (primary N) is 1. The van der Waals surface area contributed by atoms with E-state index in [1.807, 2.05) is 31.1 Å². The van der Waals surface area contributed by atoms with Crippen LogP contribution in [-0.2, 0) is 14.8 Å². The average molecular weight is 408 g/mol. The van der Waals surface area contributed by atoms with Crippen LogP contribution in [0.15, 0.2) is 41.3 Å². The van der Waals surface area contributed by atoms with Gasteiger partial charge in [0.25, 0.3) is 0 Å². The minimum atomic E-state index is -3.96. The van der Waals surface area contributed by atoms with E-state index in [1.165, 1.54) is 45.3 Å². The molecule has 1 heterocycles. The molecule has 2 aromatic rings. The number of aliphatic carboxylic acids is 1. The summed E-state index contributed by atoms with van der Waals surface area (Å²) < 4.78 is 27.0. The number of piperidine rings is 1. The van der Waals surface area contributed by atoms with E-state index in [4.69, 9.17) is 0 Å². The van der Waals surface area contributed by atoms with Crippen LogP contribution in [0.25, 0.3) is 10.8 Å². The Balaban J connectivity index is 0.000000397. The molecule has 0 spiro atoms. The maximum atomic E-state index is 12.4. The summed E-state index contributed by atoms with van der Waals surface area (Å²) in [5.41, 5.74) is 0.877. The van der Waals surface area contributed by atoms with E-state index in [9.17, 15) is 18.3 Å². The number of benzene rings is 2. The molecule has 1 unspecified atom stereocenters. The van der Waals surface area contributed by atoms with Gasteiger partial charge in [0, 0.05) is 30.6 Å². The van der Waals surface area contributed by atoms with Gasteiger partial charge in [-0.05, 0) is 38.3 Å². The Morgan fingerprint density at radius 2 is 1.68 bits per heavy atom. The van der Waals surface area contributed by atoms with Crippen molar-refractivity contribution in [3.8, 4) is 0 Å². The number of carboxylic acids is 1. The van der Waals surface area contributed by atoms with Crippen molar-refractivity contribution in [2.75, 3.05) is 32.1 Å². The van der Waals surface area contributed by atoms with Gasteiger partial charge >= 0.3 is 0 Å². The number of carbonyl (C=O) groups is 1. The molecule has 1 atom stereocenters. The molecular formula is C20H29N3O4S. The smallest absolute Gasteiger partial charge is 0.241 e. The number of nitrogens with one attached hydrogen (secondary N) is 1. The van der Waals surface area contributed by atoms with Crippen LogP contribution in [0.2, 0.25) is 0 Å². The maximum absolute atomic E-state index is 12.4. The number of carbonyl (C=O) groups excluding carboxylic acids is 1. The summed E-state index contributed by atoms with van der Waals surface area (Å²) in [4.78, 5) is 12.7. The van der Waals surface area contributed by atoms with Gasteiger partial charge in [-0.3, -0.25) is 0 Å². The van der Waals surface area contributed by atoms with E-state index in [2.05, 4.69) is 10.0 Å². The predicted molar refractivity (Wildman–Crippen MR) is 109 cm³/mol. The molecule has 0 bridgehead atoms.